The molecule has 0 aliphatic heterocycles. The van der Waals surface area contributed by atoms with Gasteiger partial charge in [0.05, 0.1) is 11.3 Å². The summed E-state index contributed by atoms with van der Waals surface area (Å²) in [6, 6.07) is 3.64. The third-order valence-electron chi connectivity index (χ3n) is 1.28. The Kier molecular flexibility index (Phi) is 2.30. The normalized spacial score (nSPS) is 9.18. The second-order valence-electron chi connectivity index (χ2n) is 2.10. The van der Waals surface area contributed by atoms with Crippen molar-refractivity contribution in [2.45, 2.75) is 6.92 Å². The van der Waals surface area contributed by atoms with E-state index < -0.39 is 0 Å². The van der Waals surface area contributed by atoms with Crippen LogP contribution in [0.3, 0.4) is 0 Å². The summed E-state index contributed by atoms with van der Waals surface area (Å²) in [5.74, 6) is 0. The maximum Gasteiger partial charge on any atom is 0.141 e. The molecule has 1 heterocycles. The Morgan fingerprint density at radius 2 is 2.36 bits per heavy atom. The van der Waals surface area contributed by atoms with Gasteiger partial charge >= 0.3 is 0 Å². The first-order valence-electron chi connectivity index (χ1n) is 2.98. The van der Waals surface area contributed by atoms with Gasteiger partial charge in [-0.15, -0.1) is 0 Å². The van der Waals surface area contributed by atoms with Crippen LogP contribution in [0.2, 0.25) is 0 Å². The SMILES string of the molecule is [B]c1cc(Br)c(C#N)c(C)n1. The van der Waals surface area contributed by atoms with Gasteiger partial charge < -0.3 is 0 Å². The highest BCUT2D eigenvalue weighted by molar-refractivity contribution is 9.10. The lowest BCUT2D eigenvalue weighted by atomic mass is 10.0. The Hall–Kier alpha value is -0.815. The van der Waals surface area contributed by atoms with E-state index in [1.54, 1.807) is 13.0 Å². The summed E-state index contributed by atoms with van der Waals surface area (Å²) in [5.41, 5.74) is 1.62. The fourth-order valence-electron chi connectivity index (χ4n) is 0.791. The molecule has 0 bridgehead atoms. The molecule has 0 aromatic carbocycles. The predicted octanol–water partition coefficient (Wildman–Crippen LogP) is 0.818. The van der Waals surface area contributed by atoms with Gasteiger partial charge in [0.1, 0.15) is 13.9 Å². The van der Waals surface area contributed by atoms with Crippen LogP contribution >= 0.6 is 15.9 Å². The molecule has 2 radical (unpaired) electrons. The molecule has 0 amide bonds. The summed E-state index contributed by atoms with van der Waals surface area (Å²) in [6.45, 7) is 1.75. The molecule has 0 spiro atoms. The van der Waals surface area contributed by atoms with E-state index in [4.69, 9.17) is 13.1 Å². The third kappa shape index (κ3) is 1.61. The van der Waals surface area contributed by atoms with Crippen molar-refractivity contribution >= 4 is 29.4 Å². The lowest BCUT2D eigenvalue weighted by Crippen LogP contribution is -2.10. The minimum atomic E-state index is 0.424. The van der Waals surface area contributed by atoms with Gasteiger partial charge in [0.25, 0.3) is 0 Å². The fraction of sp³-hybridized carbons (Fsp3) is 0.143. The van der Waals surface area contributed by atoms with E-state index in [2.05, 4.69) is 20.9 Å². The van der Waals surface area contributed by atoms with Crippen molar-refractivity contribution in [3.8, 4) is 6.07 Å². The number of halogens is 1. The smallest absolute Gasteiger partial charge is 0.141 e. The maximum absolute atomic E-state index is 8.63. The summed E-state index contributed by atoms with van der Waals surface area (Å²) < 4.78 is 0.699. The lowest BCUT2D eigenvalue weighted by Gasteiger charge is -2.00. The Morgan fingerprint density at radius 3 is 2.82 bits per heavy atom. The second kappa shape index (κ2) is 3.06. The molecule has 0 atom stereocenters. The van der Waals surface area contributed by atoms with Crippen LogP contribution in [0.15, 0.2) is 10.5 Å². The molecule has 0 fully saturated rings. The van der Waals surface area contributed by atoms with E-state index in [-0.39, 0.29) is 0 Å². The van der Waals surface area contributed by atoms with Crippen molar-refractivity contribution in [2.75, 3.05) is 0 Å². The zero-order valence-electron chi connectivity index (χ0n) is 5.93. The number of aryl methyl sites for hydroxylation is 1. The first-order valence-corrected chi connectivity index (χ1v) is 3.77. The number of rotatable bonds is 0. The topological polar surface area (TPSA) is 36.7 Å². The summed E-state index contributed by atoms with van der Waals surface area (Å²) in [4.78, 5) is 3.93. The largest absolute Gasteiger partial charge is 0.268 e. The van der Waals surface area contributed by atoms with E-state index in [0.717, 1.165) is 0 Å². The Morgan fingerprint density at radius 1 is 1.73 bits per heavy atom. The number of pyridine rings is 1. The lowest BCUT2D eigenvalue weighted by molar-refractivity contribution is 1.20. The van der Waals surface area contributed by atoms with Gasteiger partial charge in [0.2, 0.25) is 0 Å². The summed E-state index contributed by atoms with van der Waals surface area (Å²) in [6.07, 6.45) is 0. The molecule has 0 saturated carbocycles. The van der Waals surface area contributed by atoms with E-state index in [0.29, 0.717) is 21.3 Å². The van der Waals surface area contributed by atoms with Crippen molar-refractivity contribution in [1.29, 1.82) is 5.26 Å². The van der Waals surface area contributed by atoms with Crippen LogP contribution in [0, 0.1) is 18.3 Å². The number of hydrogen-bond acceptors (Lipinski definition) is 2. The van der Waals surface area contributed by atoms with Gasteiger partial charge in [-0.2, -0.15) is 5.26 Å². The standard InChI is InChI=1S/C7H4BBrN2/c1-4-5(3-10)6(9)2-7(8)11-4/h2H,1H3. The first-order chi connectivity index (χ1) is 5.15. The minimum absolute atomic E-state index is 0.424. The Balaban J connectivity index is 3.40. The van der Waals surface area contributed by atoms with E-state index in [9.17, 15) is 0 Å². The zero-order valence-corrected chi connectivity index (χ0v) is 7.51. The van der Waals surface area contributed by atoms with Crippen LogP contribution in [-0.4, -0.2) is 12.8 Å². The summed E-state index contributed by atoms with van der Waals surface area (Å²) in [7, 11) is 5.43. The highest BCUT2D eigenvalue weighted by Gasteiger charge is 2.03. The van der Waals surface area contributed by atoms with Gasteiger partial charge in [-0.05, 0) is 34.5 Å². The Labute approximate surface area is 74.8 Å². The van der Waals surface area contributed by atoms with Crippen molar-refractivity contribution in [3.05, 3.63) is 21.8 Å². The molecule has 0 aliphatic carbocycles. The predicted molar refractivity (Wildman–Crippen MR) is 46.8 cm³/mol. The average molecular weight is 207 g/mol. The summed E-state index contributed by atoms with van der Waals surface area (Å²) >= 11 is 3.22. The van der Waals surface area contributed by atoms with Crippen molar-refractivity contribution < 1.29 is 0 Å². The summed E-state index contributed by atoms with van der Waals surface area (Å²) in [5, 5.41) is 8.63. The second-order valence-corrected chi connectivity index (χ2v) is 2.96. The average Bonchev–Trinajstić information content (AvgIpc) is 1.85. The molecule has 1 rings (SSSR count). The van der Waals surface area contributed by atoms with Gasteiger partial charge in [-0.25, -0.2) is 0 Å². The molecule has 0 N–H and O–H groups in total. The van der Waals surface area contributed by atoms with E-state index >= 15 is 0 Å². The van der Waals surface area contributed by atoms with E-state index in [1.165, 1.54) is 0 Å². The van der Waals surface area contributed by atoms with Crippen LogP contribution in [0.5, 0.6) is 0 Å². The molecule has 0 saturated heterocycles. The number of nitriles is 1. The molecule has 1 aromatic rings. The minimum Gasteiger partial charge on any atom is -0.268 e. The van der Waals surface area contributed by atoms with E-state index in [1.807, 2.05) is 6.07 Å². The third-order valence-corrected chi connectivity index (χ3v) is 1.91. The molecule has 11 heavy (non-hydrogen) atoms. The number of hydrogen-bond donors (Lipinski definition) is 0. The highest BCUT2D eigenvalue weighted by Crippen LogP contribution is 2.15. The van der Waals surface area contributed by atoms with Crippen molar-refractivity contribution in [1.82, 2.24) is 4.98 Å². The molecule has 52 valence electrons. The molecular formula is C7H4BBrN2. The molecule has 0 aliphatic rings. The van der Waals surface area contributed by atoms with Crippen LogP contribution in [0.25, 0.3) is 0 Å². The van der Waals surface area contributed by atoms with Crippen LogP contribution < -0.4 is 5.59 Å². The van der Waals surface area contributed by atoms with Crippen molar-refractivity contribution in [2.24, 2.45) is 0 Å². The molecular weight excluding hydrogens is 203 g/mol. The quantitative estimate of drug-likeness (QED) is 0.590. The van der Waals surface area contributed by atoms with Gasteiger partial charge in [0.15, 0.2) is 0 Å². The highest BCUT2D eigenvalue weighted by atomic mass is 79.9. The van der Waals surface area contributed by atoms with Crippen molar-refractivity contribution in [3.63, 3.8) is 0 Å². The van der Waals surface area contributed by atoms with Crippen LogP contribution in [0.1, 0.15) is 11.3 Å². The van der Waals surface area contributed by atoms with Crippen LogP contribution in [0.4, 0.5) is 0 Å². The molecule has 1 aromatic heterocycles. The maximum atomic E-state index is 8.63. The Bertz CT molecular complexity index is 307. The molecule has 4 heteroatoms. The monoisotopic (exact) mass is 206 g/mol. The fourth-order valence-corrected chi connectivity index (χ4v) is 1.40. The van der Waals surface area contributed by atoms with Gasteiger partial charge in [0, 0.05) is 4.47 Å². The zero-order chi connectivity index (χ0) is 8.43. The first kappa shape index (κ1) is 8.28. The van der Waals surface area contributed by atoms with Gasteiger partial charge in [-0.3, -0.25) is 4.98 Å². The molecule has 2 nitrogen and oxygen atoms in total. The van der Waals surface area contributed by atoms with Crippen LogP contribution in [-0.2, 0) is 0 Å². The number of nitrogens with zero attached hydrogens (tertiary/aromatic N) is 2. The van der Waals surface area contributed by atoms with Gasteiger partial charge in [-0.1, -0.05) is 0 Å². The molecule has 0 unspecified atom stereocenters. The number of aromatic nitrogens is 1.